The highest BCUT2D eigenvalue weighted by Crippen LogP contribution is 2.25. The summed E-state index contributed by atoms with van der Waals surface area (Å²) in [5.41, 5.74) is 3.57. The molecule has 0 aliphatic carbocycles. The smallest absolute Gasteiger partial charge is 0.273 e. The summed E-state index contributed by atoms with van der Waals surface area (Å²) in [4.78, 5) is 24.2. The van der Waals surface area contributed by atoms with E-state index in [1.165, 1.54) is 0 Å². The number of ether oxygens (including phenoxy) is 1. The number of benzene rings is 2. The van der Waals surface area contributed by atoms with Crippen LogP contribution < -0.4 is 20.3 Å². The molecule has 9 heteroatoms. The van der Waals surface area contributed by atoms with Crippen LogP contribution in [0.4, 0.5) is 23.0 Å². The Morgan fingerprint density at radius 2 is 1.72 bits per heavy atom. The summed E-state index contributed by atoms with van der Waals surface area (Å²) in [5.74, 6) is 2.81. The van der Waals surface area contributed by atoms with Gasteiger partial charge >= 0.3 is 0 Å². The lowest BCUT2D eigenvalue weighted by atomic mass is 10.1. The van der Waals surface area contributed by atoms with Crippen LogP contribution >= 0.6 is 0 Å². The molecule has 2 aromatic carbocycles. The van der Waals surface area contributed by atoms with Gasteiger partial charge in [0, 0.05) is 43.1 Å². The minimum absolute atomic E-state index is 0.241. The van der Waals surface area contributed by atoms with Gasteiger partial charge in [0.05, 0.1) is 12.8 Å². The standard InChI is InChI=1S/C27H31N7O2/c1-6-34(7-2)26-17-25(28-18(3)29-26)30-20-11-13-21(14-12-20)31-27(35)24-16-23(32-33(24)4)19-9-8-10-22(15-19)36-5/h8-17H,6-7H2,1-5H3,(H,31,35)(H,28,29,30). The number of methoxy groups -OCH3 is 1. The summed E-state index contributed by atoms with van der Waals surface area (Å²) in [6.45, 7) is 7.84. The largest absolute Gasteiger partial charge is 0.497 e. The van der Waals surface area contributed by atoms with Crippen molar-refractivity contribution in [1.82, 2.24) is 19.7 Å². The predicted molar refractivity (Wildman–Crippen MR) is 143 cm³/mol. The van der Waals surface area contributed by atoms with Crippen molar-refractivity contribution in [3.8, 4) is 17.0 Å². The Labute approximate surface area is 211 Å². The lowest BCUT2D eigenvalue weighted by Gasteiger charge is -2.20. The lowest BCUT2D eigenvalue weighted by molar-refractivity contribution is 0.101. The molecule has 4 aromatic rings. The topological polar surface area (TPSA) is 97.2 Å². The minimum atomic E-state index is -0.241. The van der Waals surface area contributed by atoms with Crippen molar-refractivity contribution >= 4 is 28.9 Å². The molecule has 0 bridgehead atoms. The first kappa shape index (κ1) is 24.7. The molecule has 1 amide bonds. The number of carbonyl (C=O) groups excluding carboxylic acids is 1. The number of nitrogens with one attached hydrogen (secondary N) is 2. The van der Waals surface area contributed by atoms with Crippen molar-refractivity contribution in [3.05, 3.63) is 72.2 Å². The van der Waals surface area contributed by atoms with Crippen LogP contribution in [0.5, 0.6) is 5.75 Å². The first-order valence-corrected chi connectivity index (χ1v) is 11.9. The van der Waals surface area contributed by atoms with Gasteiger partial charge in [0.1, 0.15) is 28.9 Å². The van der Waals surface area contributed by atoms with Crippen molar-refractivity contribution in [3.63, 3.8) is 0 Å². The summed E-state index contributed by atoms with van der Waals surface area (Å²) < 4.78 is 6.87. The lowest BCUT2D eigenvalue weighted by Crippen LogP contribution is -2.23. The van der Waals surface area contributed by atoms with Crippen LogP contribution in [-0.2, 0) is 7.05 Å². The van der Waals surface area contributed by atoms with Crippen LogP contribution in [-0.4, -0.2) is 45.9 Å². The number of rotatable bonds is 9. The zero-order valence-corrected chi connectivity index (χ0v) is 21.2. The molecule has 0 aliphatic rings. The van der Waals surface area contributed by atoms with Gasteiger partial charge in [-0.25, -0.2) is 9.97 Å². The van der Waals surface area contributed by atoms with Crippen molar-refractivity contribution in [2.24, 2.45) is 7.05 Å². The maximum Gasteiger partial charge on any atom is 0.273 e. The van der Waals surface area contributed by atoms with E-state index in [1.54, 1.807) is 24.9 Å². The summed E-state index contributed by atoms with van der Waals surface area (Å²) in [7, 11) is 3.37. The normalized spacial score (nSPS) is 10.7. The van der Waals surface area contributed by atoms with E-state index in [1.807, 2.05) is 61.5 Å². The maximum absolute atomic E-state index is 12.9. The molecule has 2 heterocycles. The highest BCUT2D eigenvalue weighted by molar-refractivity contribution is 6.03. The molecule has 186 valence electrons. The fourth-order valence-corrected chi connectivity index (χ4v) is 3.91. The van der Waals surface area contributed by atoms with E-state index >= 15 is 0 Å². The highest BCUT2D eigenvalue weighted by atomic mass is 16.5. The van der Waals surface area contributed by atoms with E-state index in [0.717, 1.165) is 41.7 Å². The Morgan fingerprint density at radius 1 is 1.00 bits per heavy atom. The van der Waals surface area contributed by atoms with Crippen molar-refractivity contribution in [1.29, 1.82) is 0 Å². The van der Waals surface area contributed by atoms with Crippen LogP contribution in [0.25, 0.3) is 11.3 Å². The summed E-state index contributed by atoms with van der Waals surface area (Å²) >= 11 is 0. The average Bonchev–Trinajstić information content (AvgIpc) is 3.27. The van der Waals surface area contributed by atoms with E-state index in [-0.39, 0.29) is 5.91 Å². The Balaban J connectivity index is 1.45. The van der Waals surface area contributed by atoms with Gasteiger partial charge in [-0.2, -0.15) is 5.10 Å². The van der Waals surface area contributed by atoms with E-state index < -0.39 is 0 Å². The molecule has 0 unspecified atom stereocenters. The SMILES string of the molecule is CCN(CC)c1cc(Nc2ccc(NC(=O)c3cc(-c4cccc(OC)c4)nn3C)cc2)nc(C)n1. The fraction of sp³-hybridized carbons (Fsp3) is 0.259. The van der Waals surface area contributed by atoms with Gasteiger partial charge in [-0.05, 0) is 63.2 Å². The molecule has 0 saturated carbocycles. The number of carbonyl (C=O) groups is 1. The third-order valence-electron chi connectivity index (χ3n) is 5.80. The molecule has 2 aromatic heterocycles. The molecule has 36 heavy (non-hydrogen) atoms. The Hall–Kier alpha value is -4.40. The van der Waals surface area contributed by atoms with Gasteiger partial charge < -0.3 is 20.3 Å². The predicted octanol–water partition coefficient (Wildman–Crippen LogP) is 5.04. The van der Waals surface area contributed by atoms with Gasteiger partial charge in [-0.3, -0.25) is 9.48 Å². The molecule has 0 atom stereocenters. The van der Waals surface area contributed by atoms with Crippen LogP contribution in [0.3, 0.4) is 0 Å². The van der Waals surface area contributed by atoms with E-state index in [4.69, 9.17) is 4.74 Å². The molecule has 9 nitrogen and oxygen atoms in total. The van der Waals surface area contributed by atoms with Crippen molar-refractivity contribution in [2.75, 3.05) is 35.7 Å². The quantitative estimate of drug-likeness (QED) is 0.343. The second kappa shape index (κ2) is 10.9. The maximum atomic E-state index is 12.9. The van der Waals surface area contributed by atoms with Crippen LogP contribution in [0.2, 0.25) is 0 Å². The number of aryl methyl sites for hydroxylation is 2. The Morgan fingerprint density at radius 3 is 2.42 bits per heavy atom. The van der Waals surface area contributed by atoms with Gasteiger partial charge in [0.2, 0.25) is 0 Å². The molecule has 4 rings (SSSR count). The fourth-order valence-electron chi connectivity index (χ4n) is 3.91. The zero-order chi connectivity index (χ0) is 25.7. The number of nitrogens with zero attached hydrogens (tertiary/aromatic N) is 5. The summed E-state index contributed by atoms with van der Waals surface area (Å²) in [5, 5.41) is 10.8. The number of hydrogen-bond donors (Lipinski definition) is 2. The van der Waals surface area contributed by atoms with Gasteiger partial charge in [-0.15, -0.1) is 0 Å². The molecular weight excluding hydrogens is 454 g/mol. The highest BCUT2D eigenvalue weighted by Gasteiger charge is 2.15. The van der Waals surface area contributed by atoms with Crippen LogP contribution in [0.15, 0.2) is 60.7 Å². The zero-order valence-electron chi connectivity index (χ0n) is 21.2. The Kier molecular flexibility index (Phi) is 7.48. The molecule has 0 fully saturated rings. The molecule has 0 spiro atoms. The van der Waals surface area contributed by atoms with Gasteiger partial charge in [0.15, 0.2) is 0 Å². The number of hydrogen-bond acceptors (Lipinski definition) is 7. The monoisotopic (exact) mass is 485 g/mol. The molecular formula is C27H31N7O2. The minimum Gasteiger partial charge on any atom is -0.497 e. The van der Waals surface area contributed by atoms with Crippen molar-refractivity contribution < 1.29 is 9.53 Å². The van der Waals surface area contributed by atoms with E-state index in [0.29, 0.717) is 22.9 Å². The number of amides is 1. The average molecular weight is 486 g/mol. The molecule has 0 radical (unpaired) electrons. The van der Waals surface area contributed by atoms with Gasteiger partial charge in [0.25, 0.3) is 5.91 Å². The summed E-state index contributed by atoms with van der Waals surface area (Å²) in [6, 6.07) is 18.8. The third kappa shape index (κ3) is 5.63. The van der Waals surface area contributed by atoms with Crippen LogP contribution in [0.1, 0.15) is 30.2 Å². The third-order valence-corrected chi connectivity index (χ3v) is 5.80. The number of anilines is 4. The first-order chi connectivity index (χ1) is 17.4. The van der Waals surface area contributed by atoms with Crippen molar-refractivity contribution in [2.45, 2.75) is 20.8 Å². The van der Waals surface area contributed by atoms with E-state index in [2.05, 4.69) is 44.4 Å². The summed E-state index contributed by atoms with van der Waals surface area (Å²) in [6.07, 6.45) is 0. The molecule has 0 saturated heterocycles. The number of aromatic nitrogens is 4. The molecule has 0 aliphatic heterocycles. The second-order valence-electron chi connectivity index (χ2n) is 8.26. The van der Waals surface area contributed by atoms with E-state index in [9.17, 15) is 4.79 Å². The van der Waals surface area contributed by atoms with Gasteiger partial charge in [-0.1, -0.05) is 12.1 Å². The molecule has 2 N–H and O–H groups in total. The van der Waals surface area contributed by atoms with Crippen LogP contribution in [0, 0.1) is 6.92 Å². The first-order valence-electron chi connectivity index (χ1n) is 11.9. The second-order valence-corrected chi connectivity index (χ2v) is 8.26. The Bertz CT molecular complexity index is 1340.